The van der Waals surface area contributed by atoms with Crippen LogP contribution in [0.3, 0.4) is 0 Å². The Morgan fingerprint density at radius 1 is 1.10 bits per heavy atom. The molecule has 0 N–H and O–H groups in total. The summed E-state index contributed by atoms with van der Waals surface area (Å²) in [5.74, 6) is 0.295. The van der Waals surface area contributed by atoms with Gasteiger partial charge in [0.2, 0.25) is 0 Å². The van der Waals surface area contributed by atoms with Crippen LogP contribution < -0.4 is 19.6 Å². The van der Waals surface area contributed by atoms with Crippen molar-refractivity contribution in [2.24, 2.45) is 4.99 Å². The fraction of sp³-hybridized carbons (Fsp3) is 0.194. The van der Waals surface area contributed by atoms with Crippen molar-refractivity contribution in [1.82, 2.24) is 4.57 Å². The van der Waals surface area contributed by atoms with Crippen LogP contribution in [0.5, 0.6) is 5.75 Å². The number of allylic oxidation sites excluding steroid dienone is 1. The number of fused-ring (bicyclic) bond motifs is 1. The molecule has 1 atom stereocenters. The molecule has 1 aromatic heterocycles. The van der Waals surface area contributed by atoms with Crippen LogP contribution in [-0.2, 0) is 16.1 Å². The van der Waals surface area contributed by atoms with E-state index in [-0.39, 0.29) is 12.2 Å². The number of carbonyl (C=O) groups excluding carboxylic acids is 1. The summed E-state index contributed by atoms with van der Waals surface area (Å²) in [6.07, 6.45) is 1.86. The average molecular weight is 811 g/mol. The van der Waals surface area contributed by atoms with E-state index < -0.39 is 12.0 Å². The average Bonchev–Trinajstić information content (AvgIpc) is 3.23. The van der Waals surface area contributed by atoms with E-state index in [4.69, 9.17) is 21.1 Å². The fourth-order valence-corrected chi connectivity index (χ4v) is 7.94. The Hall–Kier alpha value is -2.48. The molecule has 41 heavy (non-hydrogen) atoms. The predicted octanol–water partition coefficient (Wildman–Crippen LogP) is 6.55. The van der Waals surface area contributed by atoms with Crippen molar-refractivity contribution in [2.75, 3.05) is 6.61 Å². The molecular weight excluding hydrogens is 786 g/mol. The Morgan fingerprint density at radius 2 is 1.78 bits per heavy atom. The SMILES string of the molecule is CCOC(=O)C1=C(C)N=c2s/c(=C/c3cc(I)c(OCc4ccccc4Cl)c(I)c3)c(=O)n2[C@H]1c1ccc(C)cc1. The highest BCUT2D eigenvalue weighted by molar-refractivity contribution is 14.1. The maximum Gasteiger partial charge on any atom is 0.338 e. The van der Waals surface area contributed by atoms with Crippen molar-refractivity contribution in [3.8, 4) is 5.75 Å². The summed E-state index contributed by atoms with van der Waals surface area (Å²) in [7, 11) is 0. The van der Waals surface area contributed by atoms with Gasteiger partial charge in [0.15, 0.2) is 4.80 Å². The van der Waals surface area contributed by atoms with Gasteiger partial charge >= 0.3 is 5.97 Å². The third-order valence-corrected chi connectivity index (χ3v) is 9.51. The number of halogens is 3. The summed E-state index contributed by atoms with van der Waals surface area (Å²) >= 11 is 12.1. The minimum absolute atomic E-state index is 0.210. The molecule has 1 aliphatic heterocycles. The van der Waals surface area contributed by atoms with Gasteiger partial charge < -0.3 is 9.47 Å². The normalized spacial score (nSPS) is 15.0. The zero-order valence-electron chi connectivity index (χ0n) is 22.4. The summed E-state index contributed by atoms with van der Waals surface area (Å²) < 4.78 is 15.5. The van der Waals surface area contributed by atoms with Crippen LogP contribution in [0.15, 0.2) is 81.7 Å². The number of aromatic nitrogens is 1. The lowest BCUT2D eigenvalue weighted by molar-refractivity contribution is -0.139. The van der Waals surface area contributed by atoms with Crippen molar-refractivity contribution in [2.45, 2.75) is 33.4 Å². The molecule has 0 saturated heterocycles. The van der Waals surface area contributed by atoms with E-state index in [9.17, 15) is 9.59 Å². The van der Waals surface area contributed by atoms with E-state index in [0.29, 0.717) is 32.2 Å². The topological polar surface area (TPSA) is 69.9 Å². The van der Waals surface area contributed by atoms with E-state index in [0.717, 1.165) is 35.1 Å². The lowest BCUT2D eigenvalue weighted by Gasteiger charge is -2.24. The largest absolute Gasteiger partial charge is 0.487 e. The summed E-state index contributed by atoms with van der Waals surface area (Å²) in [6, 6.07) is 18.8. The second kappa shape index (κ2) is 12.8. The Morgan fingerprint density at radius 3 is 2.44 bits per heavy atom. The molecule has 6 nitrogen and oxygen atoms in total. The molecule has 210 valence electrons. The van der Waals surface area contributed by atoms with Crippen LogP contribution in [0.25, 0.3) is 6.08 Å². The Balaban J connectivity index is 1.56. The molecule has 0 radical (unpaired) electrons. The van der Waals surface area contributed by atoms with Crippen LogP contribution in [0, 0.1) is 14.1 Å². The first-order chi connectivity index (χ1) is 19.7. The number of nitrogens with zero attached hydrogens (tertiary/aromatic N) is 2. The maximum absolute atomic E-state index is 13.9. The number of carbonyl (C=O) groups is 1. The van der Waals surface area contributed by atoms with Gasteiger partial charge in [0.1, 0.15) is 12.4 Å². The van der Waals surface area contributed by atoms with Crippen LogP contribution in [-0.4, -0.2) is 17.1 Å². The van der Waals surface area contributed by atoms with E-state index in [1.807, 2.05) is 73.7 Å². The highest BCUT2D eigenvalue weighted by atomic mass is 127. The molecule has 0 fully saturated rings. The summed E-state index contributed by atoms with van der Waals surface area (Å²) in [4.78, 5) is 32.2. The zero-order valence-corrected chi connectivity index (χ0v) is 28.3. The highest BCUT2D eigenvalue weighted by Gasteiger charge is 2.33. The first-order valence-electron chi connectivity index (χ1n) is 12.8. The fourth-order valence-electron chi connectivity index (χ4n) is 4.57. The van der Waals surface area contributed by atoms with Crippen molar-refractivity contribution in [3.63, 3.8) is 0 Å². The molecule has 0 spiro atoms. The van der Waals surface area contributed by atoms with Crippen molar-refractivity contribution in [1.29, 1.82) is 0 Å². The molecule has 3 aromatic carbocycles. The number of esters is 1. The summed E-state index contributed by atoms with van der Waals surface area (Å²) in [5.41, 5.74) is 4.39. The van der Waals surface area contributed by atoms with Crippen LogP contribution in [0.4, 0.5) is 0 Å². The quantitative estimate of drug-likeness (QED) is 0.157. The van der Waals surface area contributed by atoms with Gasteiger partial charge in [-0.05, 0) is 101 Å². The Bertz CT molecular complexity index is 1840. The maximum atomic E-state index is 13.9. The van der Waals surface area contributed by atoms with Crippen molar-refractivity contribution in [3.05, 3.63) is 126 Å². The van der Waals surface area contributed by atoms with Crippen LogP contribution in [0.2, 0.25) is 5.02 Å². The molecule has 2 heterocycles. The molecule has 0 saturated carbocycles. The number of hydrogen-bond acceptors (Lipinski definition) is 6. The van der Waals surface area contributed by atoms with Gasteiger partial charge in [-0.2, -0.15) is 0 Å². The standard InChI is InChI=1S/C31H25ClI2N2O4S/c1-4-39-30(38)26-18(3)35-31-36(27(26)20-11-9-17(2)10-12-20)29(37)25(41-31)15-19-13-23(33)28(24(34)14-19)40-16-21-7-5-6-8-22(21)32/h5-15,27H,4,16H2,1-3H3/b25-15+/t27-/m0/s1. The Kier molecular flexibility index (Phi) is 9.37. The highest BCUT2D eigenvalue weighted by Crippen LogP contribution is 2.32. The van der Waals surface area contributed by atoms with Gasteiger partial charge in [-0.25, -0.2) is 9.79 Å². The minimum atomic E-state index is -0.631. The van der Waals surface area contributed by atoms with Gasteiger partial charge in [0.05, 0.1) is 35.6 Å². The first kappa shape index (κ1) is 30.0. The third-order valence-electron chi connectivity index (χ3n) is 6.56. The van der Waals surface area contributed by atoms with Crippen LogP contribution >= 0.6 is 68.1 Å². The molecule has 10 heteroatoms. The van der Waals surface area contributed by atoms with E-state index >= 15 is 0 Å². The van der Waals surface area contributed by atoms with Crippen molar-refractivity contribution >= 4 is 80.2 Å². The van der Waals surface area contributed by atoms with E-state index in [2.05, 4.69) is 50.2 Å². The molecule has 4 aromatic rings. The molecule has 0 amide bonds. The summed E-state index contributed by atoms with van der Waals surface area (Å²) in [6.45, 7) is 6.13. The predicted molar refractivity (Wildman–Crippen MR) is 179 cm³/mol. The van der Waals surface area contributed by atoms with E-state index in [1.54, 1.807) is 18.4 Å². The lowest BCUT2D eigenvalue weighted by Crippen LogP contribution is -2.39. The molecule has 0 bridgehead atoms. The van der Waals surface area contributed by atoms with Gasteiger partial charge in [0.25, 0.3) is 5.56 Å². The molecule has 1 aliphatic rings. The zero-order chi connectivity index (χ0) is 29.3. The number of hydrogen-bond donors (Lipinski definition) is 0. The third kappa shape index (κ3) is 6.32. The second-order valence-electron chi connectivity index (χ2n) is 9.41. The number of thiazole rings is 1. The number of ether oxygens (including phenoxy) is 2. The van der Waals surface area contributed by atoms with Gasteiger partial charge in [-0.3, -0.25) is 9.36 Å². The van der Waals surface area contributed by atoms with Gasteiger partial charge in [-0.1, -0.05) is 71.0 Å². The lowest BCUT2D eigenvalue weighted by atomic mass is 9.95. The number of aryl methyl sites for hydroxylation is 1. The molecule has 0 aliphatic carbocycles. The summed E-state index contributed by atoms with van der Waals surface area (Å²) in [5, 5.41) is 0.662. The molecule has 0 unspecified atom stereocenters. The smallest absolute Gasteiger partial charge is 0.338 e. The van der Waals surface area contributed by atoms with E-state index in [1.165, 1.54) is 11.3 Å². The Labute approximate surface area is 273 Å². The monoisotopic (exact) mass is 810 g/mol. The van der Waals surface area contributed by atoms with Crippen LogP contribution in [0.1, 0.15) is 42.1 Å². The van der Waals surface area contributed by atoms with Gasteiger partial charge in [-0.15, -0.1) is 0 Å². The molecule has 5 rings (SSSR count). The second-order valence-corrected chi connectivity index (χ2v) is 13.1. The number of rotatable bonds is 7. The molecular formula is C31H25ClI2N2O4S. The minimum Gasteiger partial charge on any atom is -0.487 e. The number of benzene rings is 3. The first-order valence-corrected chi connectivity index (χ1v) is 16.1. The van der Waals surface area contributed by atoms with Crippen molar-refractivity contribution < 1.29 is 14.3 Å². The van der Waals surface area contributed by atoms with Gasteiger partial charge in [0, 0.05) is 10.6 Å².